The monoisotopic (exact) mass is 296 g/mol. The Kier molecular flexibility index (Phi) is 3.69. The van der Waals surface area contributed by atoms with Gasteiger partial charge in [-0.1, -0.05) is 37.3 Å². The topological polar surface area (TPSA) is 52.0 Å². The summed E-state index contributed by atoms with van der Waals surface area (Å²) >= 11 is 5.80. The van der Waals surface area contributed by atoms with Gasteiger partial charge in [0, 0.05) is 12.6 Å². The van der Waals surface area contributed by atoms with E-state index in [9.17, 15) is 4.39 Å². The maximum absolute atomic E-state index is 13.5. The molecular weight excluding hydrogens is 279 g/mol. The van der Waals surface area contributed by atoms with E-state index in [2.05, 4.69) is 4.98 Å². The number of fused-ring (bicyclic) bond motifs is 1. The molecule has 108 valence electrons. The SMILES string of the molecule is NCC1(c2nc3cc(Cl)c(F)cc3o2)CCCCCC1. The molecule has 2 aromatic rings. The Morgan fingerprint density at radius 1 is 1.25 bits per heavy atom. The molecule has 0 unspecified atom stereocenters. The maximum atomic E-state index is 13.5. The van der Waals surface area contributed by atoms with Crippen LogP contribution in [-0.4, -0.2) is 11.5 Å². The quantitative estimate of drug-likeness (QED) is 0.846. The zero-order valence-corrected chi connectivity index (χ0v) is 12.0. The molecule has 2 N–H and O–H groups in total. The summed E-state index contributed by atoms with van der Waals surface area (Å²) in [4.78, 5) is 4.53. The number of nitrogens with zero attached hydrogens (tertiary/aromatic N) is 1. The minimum atomic E-state index is -0.482. The molecule has 5 heteroatoms. The van der Waals surface area contributed by atoms with Gasteiger partial charge in [-0.05, 0) is 18.9 Å². The Labute approximate surface area is 122 Å². The van der Waals surface area contributed by atoms with Crippen LogP contribution in [-0.2, 0) is 5.41 Å². The maximum Gasteiger partial charge on any atom is 0.202 e. The average molecular weight is 297 g/mol. The van der Waals surface area contributed by atoms with Crippen LogP contribution in [0.5, 0.6) is 0 Å². The Morgan fingerprint density at radius 2 is 1.95 bits per heavy atom. The van der Waals surface area contributed by atoms with E-state index in [1.165, 1.54) is 25.0 Å². The lowest BCUT2D eigenvalue weighted by Gasteiger charge is -2.27. The molecule has 1 saturated carbocycles. The predicted octanol–water partition coefficient (Wildman–Crippen LogP) is 4.17. The lowest BCUT2D eigenvalue weighted by atomic mass is 9.80. The molecule has 1 aromatic carbocycles. The second kappa shape index (κ2) is 5.34. The number of rotatable bonds is 2. The molecule has 3 rings (SSSR count). The highest BCUT2D eigenvalue weighted by molar-refractivity contribution is 6.31. The molecule has 1 aliphatic carbocycles. The van der Waals surface area contributed by atoms with E-state index in [-0.39, 0.29) is 10.4 Å². The molecular formula is C15H18ClFN2O. The Bertz CT molecular complexity index is 579. The molecule has 1 fully saturated rings. The summed E-state index contributed by atoms with van der Waals surface area (Å²) in [6, 6.07) is 2.81. The molecule has 0 bridgehead atoms. The Balaban J connectivity index is 2.07. The first-order chi connectivity index (χ1) is 9.64. The van der Waals surface area contributed by atoms with Crippen LogP contribution in [0.25, 0.3) is 11.1 Å². The molecule has 0 saturated heterocycles. The number of nitrogens with two attached hydrogens (primary N) is 1. The van der Waals surface area contributed by atoms with Gasteiger partial charge in [0.05, 0.1) is 10.4 Å². The van der Waals surface area contributed by atoms with Crippen molar-refractivity contribution in [1.29, 1.82) is 0 Å². The van der Waals surface area contributed by atoms with Crippen molar-refractivity contribution in [3.05, 3.63) is 28.9 Å². The third kappa shape index (κ3) is 2.31. The van der Waals surface area contributed by atoms with E-state index in [0.29, 0.717) is 23.5 Å². The number of aromatic nitrogens is 1. The molecule has 1 heterocycles. The van der Waals surface area contributed by atoms with Gasteiger partial charge in [0.2, 0.25) is 5.89 Å². The molecule has 20 heavy (non-hydrogen) atoms. The summed E-state index contributed by atoms with van der Waals surface area (Å²) in [6.07, 6.45) is 6.67. The van der Waals surface area contributed by atoms with Crippen LogP contribution in [0.1, 0.15) is 44.4 Å². The van der Waals surface area contributed by atoms with Crippen LogP contribution < -0.4 is 5.73 Å². The van der Waals surface area contributed by atoms with Crippen LogP contribution in [0, 0.1) is 5.82 Å². The number of oxazole rings is 1. The van der Waals surface area contributed by atoms with Crippen molar-refractivity contribution in [3.8, 4) is 0 Å². The van der Waals surface area contributed by atoms with Crippen molar-refractivity contribution in [2.75, 3.05) is 6.54 Å². The van der Waals surface area contributed by atoms with Gasteiger partial charge < -0.3 is 10.2 Å². The van der Waals surface area contributed by atoms with Gasteiger partial charge in [0.1, 0.15) is 11.3 Å². The van der Waals surface area contributed by atoms with Gasteiger partial charge in [-0.15, -0.1) is 0 Å². The lowest BCUT2D eigenvalue weighted by Crippen LogP contribution is -2.35. The minimum absolute atomic E-state index is 0.0695. The van der Waals surface area contributed by atoms with E-state index in [1.54, 1.807) is 0 Å². The van der Waals surface area contributed by atoms with Crippen molar-refractivity contribution in [2.24, 2.45) is 5.73 Å². The van der Waals surface area contributed by atoms with E-state index in [4.69, 9.17) is 21.8 Å². The highest BCUT2D eigenvalue weighted by Gasteiger charge is 2.36. The summed E-state index contributed by atoms with van der Waals surface area (Å²) in [7, 11) is 0. The molecule has 0 aliphatic heterocycles. The Morgan fingerprint density at radius 3 is 2.60 bits per heavy atom. The molecule has 1 aliphatic rings. The number of benzene rings is 1. The van der Waals surface area contributed by atoms with Crippen molar-refractivity contribution < 1.29 is 8.81 Å². The number of hydrogen-bond acceptors (Lipinski definition) is 3. The average Bonchev–Trinajstić information content (AvgIpc) is 2.71. The zero-order chi connectivity index (χ0) is 14.2. The minimum Gasteiger partial charge on any atom is -0.440 e. The first-order valence-electron chi connectivity index (χ1n) is 7.11. The van der Waals surface area contributed by atoms with Crippen molar-refractivity contribution >= 4 is 22.7 Å². The third-order valence-electron chi connectivity index (χ3n) is 4.34. The van der Waals surface area contributed by atoms with E-state index >= 15 is 0 Å². The fraction of sp³-hybridized carbons (Fsp3) is 0.533. The molecule has 0 atom stereocenters. The molecule has 0 radical (unpaired) electrons. The van der Waals surface area contributed by atoms with Gasteiger partial charge in [0.15, 0.2) is 5.58 Å². The standard InChI is InChI=1S/C15H18ClFN2O/c16-10-7-12-13(8-11(10)17)20-14(19-12)15(9-18)5-3-1-2-4-6-15/h7-8H,1-6,9,18H2. The van der Waals surface area contributed by atoms with Crippen LogP contribution in [0.2, 0.25) is 5.02 Å². The van der Waals surface area contributed by atoms with Crippen LogP contribution in [0.3, 0.4) is 0 Å². The van der Waals surface area contributed by atoms with E-state index in [0.717, 1.165) is 25.7 Å². The van der Waals surface area contributed by atoms with Crippen molar-refractivity contribution in [1.82, 2.24) is 4.98 Å². The first kappa shape index (κ1) is 13.8. The van der Waals surface area contributed by atoms with Gasteiger partial charge in [-0.2, -0.15) is 0 Å². The fourth-order valence-corrected chi connectivity index (χ4v) is 3.22. The highest BCUT2D eigenvalue weighted by atomic mass is 35.5. The summed E-state index contributed by atoms with van der Waals surface area (Å²) < 4.78 is 19.3. The summed E-state index contributed by atoms with van der Waals surface area (Å²) in [6.45, 7) is 0.510. The van der Waals surface area contributed by atoms with Crippen LogP contribution in [0.4, 0.5) is 4.39 Å². The smallest absolute Gasteiger partial charge is 0.202 e. The molecule has 1 aromatic heterocycles. The second-order valence-corrected chi connectivity index (χ2v) is 6.06. The van der Waals surface area contributed by atoms with Gasteiger partial charge in [-0.25, -0.2) is 9.37 Å². The normalized spacial score (nSPS) is 19.1. The second-order valence-electron chi connectivity index (χ2n) is 5.65. The predicted molar refractivity (Wildman–Crippen MR) is 77.4 cm³/mol. The van der Waals surface area contributed by atoms with Gasteiger partial charge >= 0.3 is 0 Å². The Hall–Kier alpha value is -1.13. The number of halogens is 2. The largest absolute Gasteiger partial charge is 0.440 e. The highest BCUT2D eigenvalue weighted by Crippen LogP contribution is 2.38. The third-order valence-corrected chi connectivity index (χ3v) is 4.63. The van der Waals surface area contributed by atoms with Gasteiger partial charge in [0.25, 0.3) is 0 Å². The molecule has 0 amide bonds. The van der Waals surface area contributed by atoms with Gasteiger partial charge in [-0.3, -0.25) is 0 Å². The summed E-state index contributed by atoms with van der Waals surface area (Å²) in [5.41, 5.74) is 6.86. The lowest BCUT2D eigenvalue weighted by molar-refractivity contribution is 0.300. The van der Waals surface area contributed by atoms with Crippen molar-refractivity contribution in [2.45, 2.75) is 43.9 Å². The van der Waals surface area contributed by atoms with Crippen molar-refractivity contribution in [3.63, 3.8) is 0 Å². The van der Waals surface area contributed by atoms with Crippen LogP contribution in [0.15, 0.2) is 16.5 Å². The van der Waals surface area contributed by atoms with E-state index in [1.807, 2.05) is 0 Å². The fourth-order valence-electron chi connectivity index (χ4n) is 3.06. The number of hydrogen-bond donors (Lipinski definition) is 1. The molecule has 0 spiro atoms. The zero-order valence-electron chi connectivity index (χ0n) is 11.3. The molecule has 3 nitrogen and oxygen atoms in total. The van der Waals surface area contributed by atoms with Crippen LogP contribution >= 0.6 is 11.6 Å². The van der Waals surface area contributed by atoms with E-state index < -0.39 is 5.82 Å². The first-order valence-corrected chi connectivity index (χ1v) is 7.48. The summed E-state index contributed by atoms with van der Waals surface area (Å²) in [5.74, 6) is 0.156. The summed E-state index contributed by atoms with van der Waals surface area (Å²) in [5, 5.41) is 0.0695.